The Morgan fingerprint density at radius 2 is 1.92 bits per heavy atom. The van der Waals surface area contributed by atoms with Gasteiger partial charge in [-0.15, -0.1) is 0 Å². The lowest BCUT2D eigenvalue weighted by molar-refractivity contribution is -0.136. The number of hydrogen-bond acceptors (Lipinski definition) is 7. The molecule has 2 N–H and O–H groups in total. The van der Waals surface area contributed by atoms with Crippen LogP contribution in [0.3, 0.4) is 0 Å². The molecule has 3 aromatic rings. The molecule has 1 aliphatic rings. The lowest BCUT2D eigenvalue weighted by Gasteiger charge is -2.27. The van der Waals surface area contributed by atoms with E-state index >= 15 is 0 Å². The van der Waals surface area contributed by atoms with Crippen LogP contribution in [0.2, 0.25) is 0 Å². The maximum Gasteiger partial charge on any atom is 0.349 e. The maximum atomic E-state index is 12.4. The van der Waals surface area contributed by atoms with Crippen LogP contribution in [0.5, 0.6) is 23.0 Å². The number of esters is 1. The van der Waals surface area contributed by atoms with Crippen LogP contribution in [-0.2, 0) is 4.79 Å². The zero-order valence-corrected chi connectivity index (χ0v) is 20.1. The number of hydrogen-bond donors (Lipinski definition) is 1. The molecule has 182 valence electrons. The molecule has 0 saturated heterocycles. The first-order valence-corrected chi connectivity index (χ1v) is 11.4. The van der Waals surface area contributed by atoms with Crippen LogP contribution in [-0.4, -0.2) is 19.2 Å². The van der Waals surface area contributed by atoms with Gasteiger partial charge in [0.2, 0.25) is 5.88 Å². The smallest absolute Gasteiger partial charge is 0.349 e. The van der Waals surface area contributed by atoms with E-state index in [-0.39, 0.29) is 23.8 Å². The van der Waals surface area contributed by atoms with Gasteiger partial charge in [-0.1, -0.05) is 43.0 Å². The normalized spacial score (nSPS) is 14.2. The number of fused-ring (bicyclic) bond motifs is 1. The number of carbonyl (C=O) groups excluding carboxylic acids is 1. The van der Waals surface area contributed by atoms with Gasteiger partial charge in [-0.05, 0) is 54.8 Å². The molecule has 1 aliphatic heterocycles. The number of nitrogens with two attached hydrogens (primary N) is 1. The third-order valence-corrected chi connectivity index (χ3v) is 5.88. The summed E-state index contributed by atoms with van der Waals surface area (Å²) in [4.78, 5) is 12.4. The van der Waals surface area contributed by atoms with Gasteiger partial charge in [0.05, 0.1) is 5.92 Å². The van der Waals surface area contributed by atoms with Crippen molar-refractivity contribution < 1.29 is 23.7 Å². The summed E-state index contributed by atoms with van der Waals surface area (Å²) in [5.41, 5.74) is 9.96. The molecule has 0 aromatic heterocycles. The first-order valence-electron chi connectivity index (χ1n) is 11.4. The van der Waals surface area contributed by atoms with Crippen molar-refractivity contribution in [2.24, 2.45) is 5.73 Å². The Balaban J connectivity index is 1.55. The predicted molar refractivity (Wildman–Crippen MR) is 135 cm³/mol. The fourth-order valence-corrected chi connectivity index (χ4v) is 3.96. The van der Waals surface area contributed by atoms with Crippen LogP contribution in [0.1, 0.15) is 28.2 Å². The van der Waals surface area contributed by atoms with E-state index in [1.54, 1.807) is 24.3 Å². The van der Waals surface area contributed by atoms with E-state index in [0.717, 1.165) is 16.7 Å². The molecule has 0 radical (unpaired) electrons. The second kappa shape index (κ2) is 10.7. The highest BCUT2D eigenvalue weighted by Crippen LogP contribution is 2.44. The van der Waals surface area contributed by atoms with E-state index in [0.29, 0.717) is 29.4 Å². The van der Waals surface area contributed by atoms with Crippen LogP contribution in [0.4, 0.5) is 0 Å². The second-order valence-corrected chi connectivity index (χ2v) is 8.26. The average molecular weight is 483 g/mol. The number of aryl methyl sites for hydroxylation is 1. The quantitative estimate of drug-likeness (QED) is 0.272. The van der Waals surface area contributed by atoms with Crippen molar-refractivity contribution in [1.82, 2.24) is 0 Å². The molecule has 0 amide bonds. The minimum Gasteiger partial charge on any atom is -0.490 e. The highest BCUT2D eigenvalue weighted by atomic mass is 16.6. The summed E-state index contributed by atoms with van der Waals surface area (Å²) in [5, 5.41) is 9.80. The summed E-state index contributed by atoms with van der Waals surface area (Å²) in [7, 11) is 0. The zero-order valence-electron chi connectivity index (χ0n) is 20.1. The van der Waals surface area contributed by atoms with Gasteiger partial charge >= 0.3 is 5.97 Å². The number of rotatable bonds is 8. The van der Waals surface area contributed by atoms with Crippen LogP contribution in [0.25, 0.3) is 0 Å². The second-order valence-electron chi connectivity index (χ2n) is 8.26. The van der Waals surface area contributed by atoms with Gasteiger partial charge in [0.1, 0.15) is 41.2 Å². The first kappa shape index (κ1) is 24.4. The van der Waals surface area contributed by atoms with Gasteiger partial charge in [0.25, 0.3) is 0 Å². The molecule has 0 aliphatic carbocycles. The number of nitrogens with zero attached hydrogens (tertiary/aromatic N) is 1. The van der Waals surface area contributed by atoms with Gasteiger partial charge < -0.3 is 24.7 Å². The molecule has 0 bridgehead atoms. The monoisotopic (exact) mass is 482 g/mol. The third kappa shape index (κ3) is 5.18. The third-order valence-electron chi connectivity index (χ3n) is 5.88. The van der Waals surface area contributed by atoms with Crippen molar-refractivity contribution in [3.05, 3.63) is 107 Å². The van der Waals surface area contributed by atoms with Crippen molar-refractivity contribution in [3.8, 4) is 29.1 Å². The minimum absolute atomic E-state index is 0.00542. The lowest BCUT2D eigenvalue weighted by atomic mass is 9.83. The summed E-state index contributed by atoms with van der Waals surface area (Å²) in [6.07, 6.45) is 1.66. The Kier molecular flexibility index (Phi) is 7.26. The zero-order chi connectivity index (χ0) is 25.7. The topological polar surface area (TPSA) is 104 Å². The minimum atomic E-state index is -0.559. The Morgan fingerprint density at radius 3 is 2.69 bits per heavy atom. The summed E-state index contributed by atoms with van der Waals surface area (Å²) in [6, 6.07) is 20.2. The molecule has 0 spiro atoms. The fourth-order valence-electron chi connectivity index (χ4n) is 3.96. The molecular weight excluding hydrogens is 456 g/mol. The van der Waals surface area contributed by atoms with Crippen LogP contribution in [0, 0.1) is 25.2 Å². The predicted octanol–water partition coefficient (Wildman–Crippen LogP) is 5.07. The van der Waals surface area contributed by atoms with Gasteiger partial charge in [-0.3, -0.25) is 0 Å². The molecule has 0 saturated carbocycles. The number of nitriles is 1. The van der Waals surface area contributed by atoms with Crippen LogP contribution in [0.15, 0.2) is 84.8 Å². The van der Waals surface area contributed by atoms with Crippen LogP contribution >= 0.6 is 0 Å². The number of allylic oxidation sites excluding steroid dienone is 1. The van der Waals surface area contributed by atoms with E-state index in [1.165, 1.54) is 0 Å². The Bertz CT molecular complexity index is 1390. The number of carbonyl (C=O) groups is 1. The van der Waals surface area contributed by atoms with Gasteiger partial charge in [-0.2, -0.15) is 5.26 Å². The molecule has 1 unspecified atom stereocenters. The Labute approximate surface area is 210 Å². The molecule has 7 nitrogen and oxygen atoms in total. The molecule has 36 heavy (non-hydrogen) atoms. The summed E-state index contributed by atoms with van der Waals surface area (Å²) in [5.74, 6) is 0.914. The lowest BCUT2D eigenvalue weighted by Crippen LogP contribution is -2.22. The van der Waals surface area contributed by atoms with Gasteiger partial charge in [0.15, 0.2) is 6.61 Å². The standard InChI is InChI=1S/C29H26N2O5/c1-4-13-33-21-9-6-8-20(14-21)28-23-12-11-22(15-26(23)36-29(31)24(28)16-30)35-27(32)17-34-25-10-5-7-18(2)19(25)3/h4-12,14-15,28H,1,13,17,31H2,2-3H3. The molecule has 0 fully saturated rings. The molecular formula is C29H26N2O5. The number of ether oxygens (including phenoxy) is 4. The largest absolute Gasteiger partial charge is 0.490 e. The summed E-state index contributed by atoms with van der Waals surface area (Å²) < 4.78 is 22.5. The molecule has 7 heteroatoms. The molecule has 4 rings (SSSR count). The highest BCUT2D eigenvalue weighted by molar-refractivity contribution is 5.74. The van der Waals surface area contributed by atoms with Gasteiger partial charge in [0, 0.05) is 11.6 Å². The summed E-state index contributed by atoms with van der Waals surface area (Å²) in [6.45, 7) is 7.68. The SMILES string of the molecule is C=CCOc1cccc(C2C(C#N)=C(N)Oc3cc(OC(=O)COc4cccc(C)c4C)ccc32)c1. The molecule has 1 heterocycles. The van der Waals surface area contributed by atoms with Gasteiger partial charge in [-0.25, -0.2) is 4.79 Å². The average Bonchev–Trinajstić information content (AvgIpc) is 2.87. The van der Waals surface area contributed by atoms with Crippen LogP contribution < -0.4 is 24.7 Å². The van der Waals surface area contributed by atoms with E-state index in [2.05, 4.69) is 12.6 Å². The van der Waals surface area contributed by atoms with Crippen molar-refractivity contribution >= 4 is 5.97 Å². The maximum absolute atomic E-state index is 12.4. The Morgan fingerprint density at radius 1 is 1.11 bits per heavy atom. The van der Waals surface area contributed by atoms with E-state index in [1.807, 2.05) is 56.3 Å². The highest BCUT2D eigenvalue weighted by Gasteiger charge is 2.31. The van der Waals surface area contributed by atoms with Crippen molar-refractivity contribution in [2.75, 3.05) is 13.2 Å². The first-order chi connectivity index (χ1) is 17.4. The molecule has 3 aromatic carbocycles. The van der Waals surface area contributed by atoms with Crippen molar-refractivity contribution in [3.63, 3.8) is 0 Å². The van der Waals surface area contributed by atoms with Crippen molar-refractivity contribution in [1.29, 1.82) is 5.26 Å². The van der Waals surface area contributed by atoms with Crippen molar-refractivity contribution in [2.45, 2.75) is 19.8 Å². The summed E-state index contributed by atoms with van der Waals surface area (Å²) >= 11 is 0. The van der Waals surface area contributed by atoms with E-state index < -0.39 is 11.9 Å². The number of benzene rings is 3. The Hall–Kier alpha value is -4.70. The van der Waals surface area contributed by atoms with E-state index in [4.69, 9.17) is 24.7 Å². The van der Waals surface area contributed by atoms with E-state index in [9.17, 15) is 10.1 Å². The molecule has 1 atom stereocenters. The fraction of sp³-hybridized carbons (Fsp3) is 0.172.